The minimum atomic E-state index is -0.577. The topological polar surface area (TPSA) is 38.7 Å². The second-order valence-electron chi connectivity index (χ2n) is 19.5. The fourth-order valence-corrected chi connectivity index (χ4v) is 11.7. The summed E-state index contributed by atoms with van der Waals surface area (Å²) in [4.78, 5) is 15.8. The fraction of sp³-hybridized carbons (Fsp3) is 0.0282. The normalized spacial score (nSPS) is 11.9. The molecule has 14 rings (SSSR count). The molecule has 0 aliphatic carbocycles. The van der Waals surface area contributed by atoms with Gasteiger partial charge in [-0.15, -0.1) is 0 Å². The van der Waals surface area contributed by atoms with E-state index >= 15 is 0 Å². The van der Waals surface area contributed by atoms with Gasteiger partial charge in [0.2, 0.25) is 0 Å². The molecule has 346 valence electrons. The zero-order chi connectivity index (χ0) is 49.2. The maximum Gasteiger partial charge on any atom is 0.0972 e. The number of aryl methyl sites for hydroxylation is 1. The van der Waals surface area contributed by atoms with Crippen molar-refractivity contribution in [2.24, 2.45) is 0 Å². The van der Waals surface area contributed by atoms with Gasteiger partial charge in [-0.2, -0.15) is 0 Å². The van der Waals surface area contributed by atoms with Gasteiger partial charge in [0.1, 0.15) is 0 Å². The number of aromatic nitrogens is 3. The maximum absolute atomic E-state index is 5.44. The average Bonchev–Trinajstić information content (AvgIpc) is 3.52. The SMILES string of the molecule is Cc1ccccc1C(c1ccccc1)(c1ccccc1)c1ccc2c(-c3cccc(-c4ccc5c(ccc6cc(-c7ccc8ccc9ccc(-c%10ccccc%10)nc9c8n7)ccc65)c4)c3)nc3ccccc3c2c1. The number of benzene rings is 11. The Bertz CT molecular complexity index is 4450. The lowest BCUT2D eigenvalue weighted by Crippen LogP contribution is -2.31. The summed E-state index contributed by atoms with van der Waals surface area (Å²) in [6, 6.07) is 96.7. The summed E-state index contributed by atoms with van der Waals surface area (Å²) in [6.07, 6.45) is 0. The van der Waals surface area contributed by atoms with Gasteiger partial charge in [-0.1, -0.05) is 224 Å². The first kappa shape index (κ1) is 43.2. The summed E-state index contributed by atoms with van der Waals surface area (Å²) in [5.74, 6) is 0. The van der Waals surface area contributed by atoms with Crippen LogP contribution >= 0.6 is 0 Å². The van der Waals surface area contributed by atoms with Crippen molar-refractivity contribution in [3.8, 4) is 44.9 Å². The van der Waals surface area contributed by atoms with E-state index < -0.39 is 5.41 Å². The molecule has 3 heteroatoms. The molecule has 0 aliphatic rings. The first-order valence-electron chi connectivity index (χ1n) is 25.4. The third-order valence-corrected chi connectivity index (χ3v) is 15.3. The van der Waals surface area contributed by atoms with Crippen LogP contribution in [0.15, 0.2) is 267 Å². The minimum Gasteiger partial charge on any atom is -0.247 e. The van der Waals surface area contributed by atoms with Crippen LogP contribution in [0.3, 0.4) is 0 Å². The van der Waals surface area contributed by atoms with Crippen molar-refractivity contribution >= 4 is 65.0 Å². The van der Waals surface area contributed by atoms with Crippen LogP contribution in [0.5, 0.6) is 0 Å². The molecule has 3 aromatic heterocycles. The Labute approximate surface area is 429 Å². The maximum atomic E-state index is 5.44. The smallest absolute Gasteiger partial charge is 0.0972 e. The van der Waals surface area contributed by atoms with E-state index in [2.05, 4.69) is 268 Å². The van der Waals surface area contributed by atoms with E-state index in [4.69, 9.17) is 15.0 Å². The van der Waals surface area contributed by atoms with E-state index in [1.807, 2.05) is 6.07 Å². The van der Waals surface area contributed by atoms with Crippen molar-refractivity contribution < 1.29 is 0 Å². The van der Waals surface area contributed by atoms with Crippen LogP contribution in [-0.2, 0) is 5.41 Å². The van der Waals surface area contributed by atoms with Crippen LogP contribution in [-0.4, -0.2) is 15.0 Å². The first-order chi connectivity index (χ1) is 36.6. The summed E-state index contributed by atoms with van der Waals surface area (Å²) in [6.45, 7) is 2.24. The molecule has 0 atom stereocenters. The van der Waals surface area contributed by atoms with E-state index in [9.17, 15) is 0 Å². The Kier molecular flexibility index (Phi) is 10.3. The van der Waals surface area contributed by atoms with E-state index in [-0.39, 0.29) is 0 Å². The van der Waals surface area contributed by atoms with E-state index in [0.29, 0.717) is 0 Å². The molecular formula is C71H47N3. The second-order valence-corrected chi connectivity index (χ2v) is 19.5. The molecule has 74 heavy (non-hydrogen) atoms. The zero-order valence-electron chi connectivity index (χ0n) is 40.7. The van der Waals surface area contributed by atoms with Crippen molar-refractivity contribution in [1.82, 2.24) is 15.0 Å². The summed E-state index contributed by atoms with van der Waals surface area (Å²) in [7, 11) is 0. The number of para-hydroxylation sites is 1. The highest BCUT2D eigenvalue weighted by molar-refractivity contribution is 6.12. The summed E-state index contributed by atoms with van der Waals surface area (Å²) < 4.78 is 0. The molecule has 0 amide bonds. The Morgan fingerprint density at radius 1 is 0.284 bits per heavy atom. The van der Waals surface area contributed by atoms with E-state index in [0.717, 1.165) is 83.0 Å². The van der Waals surface area contributed by atoms with Gasteiger partial charge in [0, 0.05) is 38.2 Å². The molecule has 0 aliphatic heterocycles. The van der Waals surface area contributed by atoms with Crippen molar-refractivity contribution in [3.05, 3.63) is 295 Å². The Morgan fingerprint density at radius 3 is 1.49 bits per heavy atom. The first-order valence-corrected chi connectivity index (χ1v) is 25.4. The largest absolute Gasteiger partial charge is 0.247 e. The standard InChI is InChI=1S/C71H47N3/c1-46-16-11-13-26-64(46)71(56-21-7-3-8-22-56,57-23-9-4-10-24-57)58-36-39-62-63(45-58)61-25-12-14-27-67(61)74-68(62)55-20-15-19-50(43-55)51-32-37-59-52(42-51)30-31-53-44-54(33-38-60(53)59)66-41-35-49-29-28-48-34-40-65(47-17-5-2-6-18-47)72-69(48)70(49)73-66/h2-45H,1H3. The highest BCUT2D eigenvalue weighted by atomic mass is 14.8. The number of hydrogen-bond donors (Lipinski definition) is 0. The van der Waals surface area contributed by atoms with Gasteiger partial charge in [0.05, 0.1) is 39.0 Å². The van der Waals surface area contributed by atoms with Crippen LogP contribution in [0.4, 0.5) is 0 Å². The summed E-state index contributed by atoms with van der Waals surface area (Å²) in [5.41, 5.74) is 16.8. The van der Waals surface area contributed by atoms with Crippen molar-refractivity contribution in [3.63, 3.8) is 0 Å². The molecule has 3 heterocycles. The van der Waals surface area contributed by atoms with E-state index in [1.54, 1.807) is 0 Å². The van der Waals surface area contributed by atoms with E-state index in [1.165, 1.54) is 54.7 Å². The van der Waals surface area contributed by atoms with Crippen LogP contribution in [0.1, 0.15) is 27.8 Å². The molecule has 0 bridgehead atoms. The molecule has 14 aromatic rings. The van der Waals surface area contributed by atoms with Crippen LogP contribution in [0, 0.1) is 6.92 Å². The van der Waals surface area contributed by atoms with Crippen LogP contribution in [0.25, 0.3) is 110 Å². The number of fused-ring (bicyclic) bond motifs is 9. The van der Waals surface area contributed by atoms with Crippen LogP contribution in [0.2, 0.25) is 0 Å². The fourth-order valence-electron chi connectivity index (χ4n) is 11.7. The molecular weight excluding hydrogens is 895 g/mol. The van der Waals surface area contributed by atoms with Crippen molar-refractivity contribution in [2.45, 2.75) is 12.3 Å². The summed E-state index contributed by atoms with van der Waals surface area (Å²) in [5, 5.41) is 10.4. The Morgan fingerprint density at radius 2 is 0.797 bits per heavy atom. The number of pyridine rings is 3. The molecule has 0 saturated carbocycles. The average molecular weight is 942 g/mol. The third-order valence-electron chi connectivity index (χ3n) is 15.3. The van der Waals surface area contributed by atoms with Gasteiger partial charge in [0.25, 0.3) is 0 Å². The van der Waals surface area contributed by atoms with Crippen molar-refractivity contribution in [2.75, 3.05) is 0 Å². The molecule has 0 saturated heterocycles. The van der Waals surface area contributed by atoms with Gasteiger partial charge < -0.3 is 0 Å². The van der Waals surface area contributed by atoms with Gasteiger partial charge in [0.15, 0.2) is 0 Å². The molecule has 3 nitrogen and oxygen atoms in total. The lowest BCUT2D eigenvalue weighted by molar-refractivity contribution is 0.740. The molecule has 0 unspecified atom stereocenters. The van der Waals surface area contributed by atoms with Gasteiger partial charge in [-0.25, -0.2) is 15.0 Å². The lowest BCUT2D eigenvalue weighted by atomic mass is 9.64. The van der Waals surface area contributed by atoms with Gasteiger partial charge in [-0.3, -0.25) is 0 Å². The molecule has 11 aromatic carbocycles. The third kappa shape index (κ3) is 7.16. The van der Waals surface area contributed by atoms with Gasteiger partial charge in [-0.05, 0) is 115 Å². The summed E-state index contributed by atoms with van der Waals surface area (Å²) >= 11 is 0. The monoisotopic (exact) mass is 941 g/mol. The second kappa shape index (κ2) is 17.6. The number of nitrogens with zero attached hydrogens (tertiary/aromatic N) is 3. The predicted molar refractivity (Wildman–Crippen MR) is 310 cm³/mol. The Hall–Kier alpha value is -9.57. The molecule has 0 fully saturated rings. The highest BCUT2D eigenvalue weighted by Gasteiger charge is 2.39. The molecule has 0 spiro atoms. The van der Waals surface area contributed by atoms with Gasteiger partial charge >= 0.3 is 0 Å². The molecule has 0 radical (unpaired) electrons. The highest BCUT2D eigenvalue weighted by Crippen LogP contribution is 2.48. The molecule has 0 N–H and O–H groups in total. The number of hydrogen-bond acceptors (Lipinski definition) is 3. The quantitative estimate of drug-likeness (QED) is 0.113. The van der Waals surface area contributed by atoms with Crippen LogP contribution < -0.4 is 0 Å². The number of rotatable bonds is 8. The zero-order valence-corrected chi connectivity index (χ0v) is 40.7. The van der Waals surface area contributed by atoms with Crippen molar-refractivity contribution in [1.29, 1.82) is 0 Å². The predicted octanol–water partition coefficient (Wildman–Crippen LogP) is 18.1. The lowest BCUT2D eigenvalue weighted by Gasteiger charge is -2.38. The minimum absolute atomic E-state index is 0.577. The Balaban J connectivity index is 0.846.